The summed E-state index contributed by atoms with van der Waals surface area (Å²) in [6, 6.07) is 0. The number of carbonyl (C=O) groups is 1. The number of hydrogen-bond donors (Lipinski definition) is 1. The molecule has 9 heteroatoms. The highest BCUT2D eigenvalue weighted by Crippen LogP contribution is 2.29. The van der Waals surface area contributed by atoms with Gasteiger partial charge in [0.1, 0.15) is 4.70 Å². The topological polar surface area (TPSA) is 94.1 Å². The Hall–Kier alpha value is -1.61. The van der Waals surface area contributed by atoms with E-state index in [4.69, 9.17) is 5.73 Å². The molecule has 0 bridgehead atoms. The number of amides is 1. The van der Waals surface area contributed by atoms with Crippen molar-refractivity contribution in [3.63, 3.8) is 0 Å². The Labute approximate surface area is 135 Å². The van der Waals surface area contributed by atoms with Gasteiger partial charge in [0.2, 0.25) is 5.91 Å². The molecule has 3 heterocycles. The molecule has 7 nitrogen and oxygen atoms in total. The van der Waals surface area contributed by atoms with Gasteiger partial charge in [0.15, 0.2) is 15.9 Å². The second-order valence-corrected chi connectivity index (χ2v) is 6.96. The summed E-state index contributed by atoms with van der Waals surface area (Å²) >= 11 is 2.58. The Morgan fingerprint density at radius 2 is 2.09 bits per heavy atom. The van der Waals surface area contributed by atoms with Crippen LogP contribution in [-0.2, 0) is 11.3 Å². The predicted octanol–water partition coefficient (Wildman–Crippen LogP) is 1.05. The highest BCUT2D eigenvalue weighted by atomic mass is 32.2. The van der Waals surface area contributed by atoms with Crippen LogP contribution in [0.2, 0.25) is 0 Å². The van der Waals surface area contributed by atoms with Gasteiger partial charge in [0.05, 0.1) is 5.75 Å². The minimum atomic E-state index is -0.432. The molecule has 2 aromatic heterocycles. The second kappa shape index (κ2) is 6.25. The number of nitrogens with zero attached hydrogens (tertiary/aromatic N) is 4. The zero-order valence-corrected chi connectivity index (χ0v) is 13.9. The van der Waals surface area contributed by atoms with Gasteiger partial charge < -0.3 is 10.6 Å². The first-order valence-corrected chi connectivity index (χ1v) is 8.97. The van der Waals surface area contributed by atoms with Gasteiger partial charge in [-0.15, -0.1) is 0 Å². The Morgan fingerprint density at radius 1 is 1.36 bits per heavy atom. The fourth-order valence-corrected chi connectivity index (χ4v) is 4.24. The molecular weight excluding hydrogens is 322 g/mol. The molecule has 2 N–H and O–H groups in total. The van der Waals surface area contributed by atoms with E-state index in [0.29, 0.717) is 22.0 Å². The van der Waals surface area contributed by atoms with Crippen LogP contribution in [0.4, 0.5) is 5.13 Å². The molecule has 0 aromatic carbocycles. The molecule has 118 valence electrons. The first kappa shape index (κ1) is 15.3. The SMILES string of the molecule is CCn1c(SCC(N)=O)nc2nc(N3CCCC3)sc2c1=O. The van der Waals surface area contributed by atoms with E-state index in [1.165, 1.54) is 23.1 Å². The van der Waals surface area contributed by atoms with Crippen LogP contribution in [0.15, 0.2) is 9.95 Å². The van der Waals surface area contributed by atoms with Gasteiger partial charge in [-0.3, -0.25) is 14.2 Å². The molecule has 1 aliphatic heterocycles. The number of thioether (sulfide) groups is 1. The van der Waals surface area contributed by atoms with Gasteiger partial charge in [0, 0.05) is 19.6 Å². The summed E-state index contributed by atoms with van der Waals surface area (Å²) in [6.45, 7) is 4.33. The maximum Gasteiger partial charge on any atom is 0.273 e. The number of fused-ring (bicyclic) bond motifs is 1. The fraction of sp³-hybridized carbons (Fsp3) is 0.538. The van der Waals surface area contributed by atoms with E-state index in [0.717, 1.165) is 31.1 Å². The smallest absolute Gasteiger partial charge is 0.273 e. The molecule has 0 spiro atoms. The van der Waals surface area contributed by atoms with E-state index in [-0.39, 0.29) is 11.3 Å². The van der Waals surface area contributed by atoms with Gasteiger partial charge in [-0.05, 0) is 19.8 Å². The lowest BCUT2D eigenvalue weighted by atomic mass is 10.4. The molecule has 2 aromatic rings. The Balaban J connectivity index is 2.05. The number of primary amides is 1. The van der Waals surface area contributed by atoms with Crippen LogP contribution < -0.4 is 16.2 Å². The lowest BCUT2D eigenvalue weighted by Gasteiger charge is -2.11. The number of nitrogens with two attached hydrogens (primary N) is 1. The number of anilines is 1. The summed E-state index contributed by atoms with van der Waals surface area (Å²) in [5.74, 6) is -0.334. The van der Waals surface area contributed by atoms with Crippen LogP contribution in [-0.4, -0.2) is 39.3 Å². The third-order valence-electron chi connectivity index (χ3n) is 3.51. The standard InChI is InChI=1S/C13H17N5O2S2/c1-2-18-11(20)9-10(16-13(18)21-7-8(14)19)15-12(22-9)17-5-3-4-6-17/h2-7H2,1H3,(H2,14,19). The second-order valence-electron chi connectivity index (χ2n) is 5.04. The number of hydrogen-bond acceptors (Lipinski definition) is 7. The summed E-state index contributed by atoms with van der Waals surface area (Å²) < 4.78 is 2.15. The van der Waals surface area contributed by atoms with Crippen molar-refractivity contribution in [2.45, 2.75) is 31.5 Å². The van der Waals surface area contributed by atoms with Crippen LogP contribution in [0.1, 0.15) is 19.8 Å². The maximum absolute atomic E-state index is 12.6. The van der Waals surface area contributed by atoms with Crippen molar-refractivity contribution >= 4 is 44.5 Å². The van der Waals surface area contributed by atoms with Crippen molar-refractivity contribution in [2.75, 3.05) is 23.7 Å². The first-order valence-electron chi connectivity index (χ1n) is 7.17. The van der Waals surface area contributed by atoms with Crippen molar-refractivity contribution in [2.24, 2.45) is 5.73 Å². The molecule has 0 saturated carbocycles. The normalized spacial score (nSPS) is 14.9. The molecule has 22 heavy (non-hydrogen) atoms. The molecular formula is C13H17N5O2S2. The number of rotatable bonds is 5. The number of thiazole rings is 1. The average molecular weight is 339 g/mol. The molecule has 1 amide bonds. The Kier molecular flexibility index (Phi) is 4.34. The third kappa shape index (κ3) is 2.82. The van der Waals surface area contributed by atoms with Gasteiger partial charge in [-0.1, -0.05) is 23.1 Å². The summed E-state index contributed by atoms with van der Waals surface area (Å²) in [6.07, 6.45) is 2.31. The zero-order valence-electron chi connectivity index (χ0n) is 12.2. The fourth-order valence-electron chi connectivity index (χ4n) is 2.45. The van der Waals surface area contributed by atoms with E-state index >= 15 is 0 Å². The van der Waals surface area contributed by atoms with E-state index in [1.807, 2.05) is 6.92 Å². The number of aromatic nitrogens is 3. The third-order valence-corrected chi connectivity index (χ3v) is 5.60. The summed E-state index contributed by atoms with van der Waals surface area (Å²) in [5.41, 5.74) is 5.55. The zero-order chi connectivity index (χ0) is 15.7. The Morgan fingerprint density at radius 3 is 2.73 bits per heavy atom. The largest absolute Gasteiger partial charge is 0.369 e. The predicted molar refractivity (Wildman–Crippen MR) is 88.7 cm³/mol. The van der Waals surface area contributed by atoms with Crippen molar-refractivity contribution in [3.8, 4) is 0 Å². The van der Waals surface area contributed by atoms with E-state index in [9.17, 15) is 9.59 Å². The minimum absolute atomic E-state index is 0.0950. The molecule has 0 radical (unpaired) electrons. The molecule has 0 unspecified atom stereocenters. The first-order chi connectivity index (χ1) is 10.6. The monoisotopic (exact) mass is 339 g/mol. The van der Waals surface area contributed by atoms with Crippen molar-refractivity contribution in [3.05, 3.63) is 10.4 Å². The molecule has 0 atom stereocenters. The van der Waals surface area contributed by atoms with Crippen LogP contribution in [0.5, 0.6) is 0 Å². The summed E-state index contributed by atoms with van der Waals surface area (Å²) in [5, 5.41) is 1.36. The minimum Gasteiger partial charge on any atom is -0.369 e. The van der Waals surface area contributed by atoms with Crippen LogP contribution in [0, 0.1) is 0 Å². The van der Waals surface area contributed by atoms with E-state index in [2.05, 4.69) is 14.9 Å². The van der Waals surface area contributed by atoms with Crippen molar-refractivity contribution in [1.82, 2.24) is 14.5 Å². The lowest BCUT2D eigenvalue weighted by molar-refractivity contribution is -0.115. The molecule has 1 aliphatic rings. The van der Waals surface area contributed by atoms with E-state index < -0.39 is 5.91 Å². The van der Waals surface area contributed by atoms with Crippen molar-refractivity contribution in [1.29, 1.82) is 0 Å². The average Bonchev–Trinajstić information content (AvgIpc) is 3.14. The van der Waals surface area contributed by atoms with Crippen LogP contribution in [0.25, 0.3) is 10.3 Å². The van der Waals surface area contributed by atoms with Gasteiger partial charge in [-0.2, -0.15) is 4.98 Å². The molecule has 1 saturated heterocycles. The Bertz CT molecular complexity index is 764. The van der Waals surface area contributed by atoms with E-state index in [1.54, 1.807) is 4.57 Å². The highest BCUT2D eigenvalue weighted by molar-refractivity contribution is 7.99. The lowest BCUT2D eigenvalue weighted by Crippen LogP contribution is -2.23. The van der Waals surface area contributed by atoms with Crippen LogP contribution >= 0.6 is 23.1 Å². The molecule has 1 fully saturated rings. The number of carbonyl (C=O) groups excluding carboxylic acids is 1. The molecule has 3 rings (SSSR count). The summed E-state index contributed by atoms with van der Waals surface area (Å²) in [4.78, 5) is 34.7. The van der Waals surface area contributed by atoms with Crippen LogP contribution in [0.3, 0.4) is 0 Å². The molecule has 0 aliphatic carbocycles. The summed E-state index contributed by atoms with van der Waals surface area (Å²) in [7, 11) is 0. The van der Waals surface area contributed by atoms with Crippen molar-refractivity contribution < 1.29 is 4.79 Å². The van der Waals surface area contributed by atoms with Gasteiger partial charge in [0.25, 0.3) is 5.56 Å². The maximum atomic E-state index is 12.6. The highest BCUT2D eigenvalue weighted by Gasteiger charge is 2.20. The quantitative estimate of drug-likeness (QED) is 0.646. The van der Waals surface area contributed by atoms with Gasteiger partial charge >= 0.3 is 0 Å². The van der Waals surface area contributed by atoms with Gasteiger partial charge in [-0.25, -0.2) is 4.98 Å².